The van der Waals surface area contributed by atoms with Crippen molar-refractivity contribution in [3.8, 4) is 0 Å². The van der Waals surface area contributed by atoms with Crippen molar-refractivity contribution in [3.63, 3.8) is 0 Å². The van der Waals surface area contributed by atoms with Crippen LogP contribution in [-0.2, 0) is 16.8 Å². The Morgan fingerprint density at radius 2 is 2.04 bits per heavy atom. The number of amides is 1. The summed E-state index contributed by atoms with van der Waals surface area (Å²) in [6.07, 6.45) is 3.98. The van der Waals surface area contributed by atoms with Crippen LogP contribution < -0.4 is 4.90 Å². The molecule has 2 aromatic rings. The van der Waals surface area contributed by atoms with Crippen LogP contribution in [0, 0.1) is 13.8 Å². The fourth-order valence-electron chi connectivity index (χ4n) is 3.83. The minimum absolute atomic E-state index is 0.0925. The highest BCUT2D eigenvalue weighted by Crippen LogP contribution is 2.40. The topological polar surface area (TPSA) is 84.3 Å². The van der Waals surface area contributed by atoms with Gasteiger partial charge in [0, 0.05) is 44.6 Å². The zero-order valence-corrected chi connectivity index (χ0v) is 16.2. The van der Waals surface area contributed by atoms with Gasteiger partial charge >= 0.3 is 0 Å². The lowest BCUT2D eigenvalue weighted by Gasteiger charge is -2.35. The van der Waals surface area contributed by atoms with Gasteiger partial charge in [-0.1, -0.05) is 0 Å². The van der Waals surface area contributed by atoms with Gasteiger partial charge in [-0.15, -0.1) is 0 Å². The van der Waals surface area contributed by atoms with Crippen molar-refractivity contribution >= 4 is 11.9 Å². The molecule has 1 unspecified atom stereocenters. The number of fused-ring (bicyclic) bond motifs is 2. The van der Waals surface area contributed by atoms with Gasteiger partial charge in [-0.2, -0.15) is 0 Å². The Labute approximate surface area is 158 Å². The molecule has 8 nitrogen and oxygen atoms in total. The van der Waals surface area contributed by atoms with Crippen LogP contribution in [-0.4, -0.2) is 64.5 Å². The molecule has 0 aromatic carbocycles. The number of hydrogen-bond donors (Lipinski definition) is 0. The molecule has 4 rings (SSSR count). The number of aryl methyl sites for hydroxylation is 2. The first kappa shape index (κ1) is 17.8. The zero-order chi connectivity index (χ0) is 19.2. The van der Waals surface area contributed by atoms with Gasteiger partial charge in [0.1, 0.15) is 5.69 Å². The van der Waals surface area contributed by atoms with Crippen molar-refractivity contribution in [2.45, 2.75) is 32.3 Å². The normalized spacial score (nSPS) is 21.4. The summed E-state index contributed by atoms with van der Waals surface area (Å²) in [5, 5.41) is 0. The van der Waals surface area contributed by atoms with E-state index in [0.29, 0.717) is 37.9 Å². The molecule has 1 amide bonds. The van der Waals surface area contributed by atoms with E-state index in [4.69, 9.17) is 9.72 Å². The van der Waals surface area contributed by atoms with Crippen molar-refractivity contribution in [2.24, 2.45) is 0 Å². The first-order valence-electron chi connectivity index (χ1n) is 9.11. The standard InChI is InChI=1S/C19H24N6O2/c1-12-7-21-15(8-20-12)17(26)25-6-5-19(10-25)11-27-9-14-13(2)22-18(24(3)4)23-16(14)19/h7-8H,5-6,9-11H2,1-4H3. The number of likely N-dealkylation sites (tertiary alicyclic amines) is 1. The molecule has 2 aliphatic heterocycles. The monoisotopic (exact) mass is 368 g/mol. The lowest BCUT2D eigenvalue weighted by molar-refractivity contribution is 0.0479. The number of rotatable bonds is 2. The molecular formula is C19H24N6O2. The Bertz CT molecular complexity index is 883. The van der Waals surface area contributed by atoms with Gasteiger partial charge in [0.15, 0.2) is 0 Å². The SMILES string of the molecule is Cc1cnc(C(=O)N2CCC3(COCc4c(C)nc(N(C)C)nc43)C2)cn1. The lowest BCUT2D eigenvalue weighted by atomic mass is 9.80. The molecule has 0 bridgehead atoms. The molecule has 142 valence electrons. The van der Waals surface area contributed by atoms with Crippen molar-refractivity contribution in [1.82, 2.24) is 24.8 Å². The Hall–Kier alpha value is -2.61. The van der Waals surface area contributed by atoms with Crippen LogP contribution in [0.15, 0.2) is 12.4 Å². The number of nitrogens with zero attached hydrogens (tertiary/aromatic N) is 6. The number of anilines is 1. The zero-order valence-electron chi connectivity index (χ0n) is 16.2. The molecule has 1 saturated heterocycles. The number of ether oxygens (including phenoxy) is 1. The summed E-state index contributed by atoms with van der Waals surface area (Å²) >= 11 is 0. The maximum atomic E-state index is 12.9. The van der Waals surface area contributed by atoms with Crippen molar-refractivity contribution in [2.75, 3.05) is 38.7 Å². The molecule has 27 heavy (non-hydrogen) atoms. The highest BCUT2D eigenvalue weighted by Gasteiger charge is 2.47. The van der Waals surface area contributed by atoms with Crippen molar-refractivity contribution < 1.29 is 9.53 Å². The average molecular weight is 368 g/mol. The Balaban J connectivity index is 1.66. The summed E-state index contributed by atoms with van der Waals surface area (Å²) < 4.78 is 5.90. The molecule has 4 heterocycles. The minimum atomic E-state index is -0.292. The third-order valence-corrected chi connectivity index (χ3v) is 5.37. The molecule has 2 aromatic heterocycles. The third kappa shape index (κ3) is 3.03. The molecule has 2 aliphatic rings. The van der Waals surface area contributed by atoms with Gasteiger partial charge in [-0.3, -0.25) is 9.78 Å². The molecule has 0 N–H and O–H groups in total. The Morgan fingerprint density at radius 1 is 1.22 bits per heavy atom. The Kier molecular flexibility index (Phi) is 4.30. The number of carbonyl (C=O) groups excluding carboxylic acids is 1. The van der Waals surface area contributed by atoms with Gasteiger partial charge in [-0.25, -0.2) is 15.0 Å². The highest BCUT2D eigenvalue weighted by molar-refractivity contribution is 5.92. The van der Waals surface area contributed by atoms with E-state index in [9.17, 15) is 4.79 Å². The molecule has 1 atom stereocenters. The summed E-state index contributed by atoms with van der Waals surface area (Å²) in [7, 11) is 3.88. The van der Waals surface area contributed by atoms with E-state index >= 15 is 0 Å². The summed E-state index contributed by atoms with van der Waals surface area (Å²) in [5.41, 5.74) is 3.90. The molecule has 8 heteroatoms. The van der Waals surface area contributed by atoms with E-state index in [2.05, 4.69) is 15.0 Å². The smallest absolute Gasteiger partial charge is 0.274 e. The second kappa shape index (κ2) is 6.53. The number of aromatic nitrogens is 4. The lowest BCUT2D eigenvalue weighted by Crippen LogP contribution is -2.42. The first-order valence-corrected chi connectivity index (χ1v) is 9.11. The van der Waals surface area contributed by atoms with Crippen molar-refractivity contribution in [3.05, 3.63) is 40.7 Å². The molecular weight excluding hydrogens is 344 g/mol. The summed E-state index contributed by atoms with van der Waals surface area (Å²) in [4.78, 5) is 34.5. The fourth-order valence-corrected chi connectivity index (χ4v) is 3.83. The van der Waals surface area contributed by atoms with Gasteiger partial charge in [0.05, 0.1) is 36.2 Å². The Morgan fingerprint density at radius 3 is 2.74 bits per heavy atom. The van der Waals surface area contributed by atoms with Gasteiger partial charge in [-0.05, 0) is 20.3 Å². The quantitative estimate of drug-likeness (QED) is 0.789. The summed E-state index contributed by atoms with van der Waals surface area (Å²) in [6.45, 7) is 6.15. The number of carbonyl (C=O) groups is 1. The third-order valence-electron chi connectivity index (χ3n) is 5.37. The summed E-state index contributed by atoms with van der Waals surface area (Å²) in [6, 6.07) is 0. The number of hydrogen-bond acceptors (Lipinski definition) is 7. The highest BCUT2D eigenvalue weighted by atomic mass is 16.5. The van der Waals surface area contributed by atoms with Crippen LogP contribution >= 0.6 is 0 Å². The van der Waals surface area contributed by atoms with E-state index in [1.54, 1.807) is 12.4 Å². The predicted octanol–water partition coefficient (Wildman–Crippen LogP) is 1.26. The second-order valence-electron chi connectivity index (χ2n) is 7.62. The van der Waals surface area contributed by atoms with E-state index < -0.39 is 0 Å². The van der Waals surface area contributed by atoms with Gasteiger partial charge < -0.3 is 14.5 Å². The molecule has 1 fully saturated rings. The van der Waals surface area contributed by atoms with Crippen LogP contribution in [0.1, 0.15) is 39.6 Å². The molecule has 1 spiro atoms. The predicted molar refractivity (Wildman–Crippen MR) is 99.7 cm³/mol. The van der Waals surface area contributed by atoms with Crippen LogP contribution in [0.4, 0.5) is 5.95 Å². The van der Waals surface area contributed by atoms with E-state index in [1.165, 1.54) is 0 Å². The van der Waals surface area contributed by atoms with Crippen molar-refractivity contribution in [1.29, 1.82) is 0 Å². The van der Waals surface area contributed by atoms with Gasteiger partial charge in [0.2, 0.25) is 5.95 Å². The first-order chi connectivity index (χ1) is 12.9. The largest absolute Gasteiger partial charge is 0.376 e. The molecule has 0 saturated carbocycles. The van der Waals surface area contributed by atoms with Crippen LogP contribution in [0.2, 0.25) is 0 Å². The van der Waals surface area contributed by atoms with Crippen LogP contribution in [0.5, 0.6) is 0 Å². The van der Waals surface area contributed by atoms with Crippen LogP contribution in [0.25, 0.3) is 0 Å². The van der Waals surface area contributed by atoms with E-state index in [0.717, 1.165) is 29.1 Å². The van der Waals surface area contributed by atoms with E-state index in [-0.39, 0.29) is 11.3 Å². The minimum Gasteiger partial charge on any atom is -0.376 e. The molecule has 0 aliphatic carbocycles. The summed E-state index contributed by atoms with van der Waals surface area (Å²) in [5.74, 6) is 0.604. The van der Waals surface area contributed by atoms with Gasteiger partial charge in [0.25, 0.3) is 5.91 Å². The molecule has 0 radical (unpaired) electrons. The van der Waals surface area contributed by atoms with E-state index in [1.807, 2.05) is 37.7 Å². The average Bonchev–Trinajstić information content (AvgIpc) is 3.07. The maximum Gasteiger partial charge on any atom is 0.274 e. The van der Waals surface area contributed by atoms with Crippen LogP contribution in [0.3, 0.4) is 0 Å². The maximum absolute atomic E-state index is 12.9. The fraction of sp³-hybridized carbons (Fsp3) is 0.526. The second-order valence-corrected chi connectivity index (χ2v) is 7.62.